The zero-order chi connectivity index (χ0) is 13.7. The Morgan fingerprint density at radius 3 is 2.63 bits per heavy atom. The molecule has 1 saturated carbocycles. The summed E-state index contributed by atoms with van der Waals surface area (Å²) >= 11 is 0. The fraction of sp³-hybridized carbons (Fsp3) is 0.933. The molecule has 2 rings (SSSR count). The standard InChI is InChI=1S/C15H29N3O/c1-3-9-16-12-5-7-13(8-6-12)18-11-10-17-15(19)14(18)4-2/h12-14,16H,3-11H2,1-2H3,(H,17,19). The number of hydrogen-bond acceptors (Lipinski definition) is 3. The van der Waals surface area contributed by atoms with Crippen LogP contribution in [0.4, 0.5) is 0 Å². The van der Waals surface area contributed by atoms with Gasteiger partial charge in [0, 0.05) is 25.2 Å². The van der Waals surface area contributed by atoms with Crippen molar-refractivity contribution < 1.29 is 4.79 Å². The molecule has 1 amide bonds. The van der Waals surface area contributed by atoms with Crippen LogP contribution < -0.4 is 10.6 Å². The lowest BCUT2D eigenvalue weighted by atomic mass is 9.88. The van der Waals surface area contributed by atoms with Gasteiger partial charge in [-0.25, -0.2) is 0 Å². The summed E-state index contributed by atoms with van der Waals surface area (Å²) < 4.78 is 0. The molecular formula is C15H29N3O. The number of carbonyl (C=O) groups excluding carboxylic acids is 1. The van der Waals surface area contributed by atoms with E-state index in [0.717, 1.165) is 26.1 Å². The molecule has 0 radical (unpaired) electrons. The van der Waals surface area contributed by atoms with Gasteiger partial charge in [-0.2, -0.15) is 0 Å². The molecule has 19 heavy (non-hydrogen) atoms. The largest absolute Gasteiger partial charge is 0.353 e. The van der Waals surface area contributed by atoms with E-state index in [1.54, 1.807) is 0 Å². The Labute approximate surface area is 117 Å². The van der Waals surface area contributed by atoms with Gasteiger partial charge in [-0.05, 0) is 45.1 Å². The summed E-state index contributed by atoms with van der Waals surface area (Å²) in [6.45, 7) is 7.33. The van der Waals surface area contributed by atoms with E-state index in [2.05, 4.69) is 29.4 Å². The summed E-state index contributed by atoms with van der Waals surface area (Å²) in [5, 5.41) is 6.63. The van der Waals surface area contributed by atoms with Gasteiger partial charge in [0.25, 0.3) is 0 Å². The summed E-state index contributed by atoms with van der Waals surface area (Å²) in [6.07, 6.45) is 7.15. The fourth-order valence-corrected chi connectivity index (χ4v) is 3.55. The molecular weight excluding hydrogens is 238 g/mol. The van der Waals surface area contributed by atoms with Crippen molar-refractivity contribution in [3.8, 4) is 0 Å². The average Bonchev–Trinajstić information content (AvgIpc) is 2.45. The SMILES string of the molecule is CCCNC1CCC(N2CCNC(=O)C2CC)CC1. The molecule has 2 N–H and O–H groups in total. The zero-order valence-electron chi connectivity index (χ0n) is 12.5. The minimum atomic E-state index is 0.110. The van der Waals surface area contributed by atoms with Crippen molar-refractivity contribution in [2.24, 2.45) is 0 Å². The Hall–Kier alpha value is -0.610. The van der Waals surface area contributed by atoms with Gasteiger partial charge in [-0.15, -0.1) is 0 Å². The van der Waals surface area contributed by atoms with E-state index in [-0.39, 0.29) is 11.9 Å². The third-order valence-corrected chi connectivity index (χ3v) is 4.61. The van der Waals surface area contributed by atoms with Gasteiger partial charge in [0.2, 0.25) is 5.91 Å². The summed E-state index contributed by atoms with van der Waals surface area (Å²) in [5.41, 5.74) is 0. The second-order valence-electron chi connectivity index (χ2n) is 5.91. The van der Waals surface area contributed by atoms with Crippen LogP contribution in [0.3, 0.4) is 0 Å². The van der Waals surface area contributed by atoms with Gasteiger partial charge < -0.3 is 10.6 Å². The molecule has 4 heteroatoms. The Balaban J connectivity index is 1.84. The smallest absolute Gasteiger partial charge is 0.237 e. The maximum atomic E-state index is 11.9. The van der Waals surface area contributed by atoms with Crippen LogP contribution in [0, 0.1) is 0 Å². The molecule has 1 unspecified atom stereocenters. The Morgan fingerprint density at radius 1 is 1.26 bits per heavy atom. The maximum absolute atomic E-state index is 11.9. The predicted molar refractivity (Wildman–Crippen MR) is 78.1 cm³/mol. The van der Waals surface area contributed by atoms with Gasteiger partial charge in [-0.1, -0.05) is 13.8 Å². The van der Waals surface area contributed by atoms with Crippen molar-refractivity contribution in [2.75, 3.05) is 19.6 Å². The van der Waals surface area contributed by atoms with E-state index in [4.69, 9.17) is 0 Å². The Morgan fingerprint density at radius 2 is 2.00 bits per heavy atom. The molecule has 0 aromatic heterocycles. The van der Waals surface area contributed by atoms with Crippen molar-refractivity contribution in [2.45, 2.75) is 70.5 Å². The van der Waals surface area contributed by atoms with Crippen LogP contribution in [0.25, 0.3) is 0 Å². The average molecular weight is 267 g/mol. The van der Waals surface area contributed by atoms with Crippen molar-refractivity contribution in [1.82, 2.24) is 15.5 Å². The Kier molecular flexibility index (Phi) is 5.64. The molecule has 1 saturated heterocycles. The highest BCUT2D eigenvalue weighted by atomic mass is 16.2. The summed E-state index contributed by atoms with van der Waals surface area (Å²) in [4.78, 5) is 14.4. The zero-order valence-corrected chi connectivity index (χ0v) is 12.5. The van der Waals surface area contributed by atoms with Gasteiger partial charge in [0.15, 0.2) is 0 Å². The molecule has 1 heterocycles. The topological polar surface area (TPSA) is 44.4 Å². The summed E-state index contributed by atoms with van der Waals surface area (Å²) in [5.74, 6) is 0.236. The number of rotatable bonds is 5. The van der Waals surface area contributed by atoms with E-state index in [0.29, 0.717) is 12.1 Å². The number of nitrogens with zero attached hydrogens (tertiary/aromatic N) is 1. The highest BCUT2D eigenvalue weighted by Gasteiger charge is 2.34. The molecule has 110 valence electrons. The first-order chi connectivity index (χ1) is 9.26. The minimum Gasteiger partial charge on any atom is -0.353 e. The van der Waals surface area contributed by atoms with Crippen molar-refractivity contribution in [3.05, 3.63) is 0 Å². The molecule has 1 aliphatic carbocycles. The fourth-order valence-electron chi connectivity index (χ4n) is 3.55. The first-order valence-corrected chi connectivity index (χ1v) is 8.03. The van der Waals surface area contributed by atoms with E-state index >= 15 is 0 Å². The lowest BCUT2D eigenvalue weighted by Gasteiger charge is -2.43. The van der Waals surface area contributed by atoms with Crippen LogP contribution in [0.15, 0.2) is 0 Å². The van der Waals surface area contributed by atoms with Gasteiger partial charge >= 0.3 is 0 Å². The summed E-state index contributed by atoms with van der Waals surface area (Å²) in [6, 6.07) is 1.43. The van der Waals surface area contributed by atoms with Gasteiger partial charge in [-0.3, -0.25) is 9.69 Å². The third kappa shape index (κ3) is 3.69. The molecule has 1 atom stereocenters. The quantitative estimate of drug-likeness (QED) is 0.793. The number of amides is 1. The molecule has 0 aromatic rings. The van der Waals surface area contributed by atoms with E-state index in [1.165, 1.54) is 32.1 Å². The number of hydrogen-bond donors (Lipinski definition) is 2. The highest BCUT2D eigenvalue weighted by Crippen LogP contribution is 2.26. The molecule has 2 aliphatic rings. The first-order valence-electron chi connectivity index (χ1n) is 8.03. The number of nitrogens with one attached hydrogen (secondary N) is 2. The lowest BCUT2D eigenvalue weighted by molar-refractivity contribution is -0.130. The molecule has 2 fully saturated rings. The highest BCUT2D eigenvalue weighted by molar-refractivity contribution is 5.82. The van der Waals surface area contributed by atoms with E-state index in [9.17, 15) is 4.79 Å². The summed E-state index contributed by atoms with van der Waals surface area (Å²) in [7, 11) is 0. The maximum Gasteiger partial charge on any atom is 0.237 e. The monoisotopic (exact) mass is 267 g/mol. The van der Waals surface area contributed by atoms with Crippen LogP contribution in [-0.2, 0) is 4.79 Å². The third-order valence-electron chi connectivity index (χ3n) is 4.61. The van der Waals surface area contributed by atoms with E-state index in [1.807, 2.05) is 0 Å². The van der Waals surface area contributed by atoms with Gasteiger partial charge in [0.05, 0.1) is 6.04 Å². The predicted octanol–water partition coefficient (Wildman–Crippen LogP) is 1.51. The van der Waals surface area contributed by atoms with Crippen LogP contribution in [0.1, 0.15) is 52.4 Å². The molecule has 0 aromatic carbocycles. The minimum absolute atomic E-state index is 0.110. The molecule has 0 bridgehead atoms. The van der Waals surface area contributed by atoms with Gasteiger partial charge in [0.1, 0.15) is 0 Å². The lowest BCUT2D eigenvalue weighted by Crippen LogP contribution is -2.59. The molecule has 1 aliphatic heterocycles. The normalized spacial score (nSPS) is 33.2. The second kappa shape index (κ2) is 7.25. The first kappa shape index (κ1) is 14.8. The van der Waals surface area contributed by atoms with Crippen LogP contribution >= 0.6 is 0 Å². The van der Waals surface area contributed by atoms with E-state index < -0.39 is 0 Å². The number of piperazine rings is 1. The molecule has 0 spiro atoms. The van der Waals surface area contributed by atoms with Crippen LogP contribution in [-0.4, -0.2) is 48.6 Å². The van der Waals surface area contributed by atoms with Crippen LogP contribution in [0.2, 0.25) is 0 Å². The van der Waals surface area contributed by atoms with Crippen LogP contribution in [0.5, 0.6) is 0 Å². The number of carbonyl (C=O) groups is 1. The Bertz CT molecular complexity index is 287. The van der Waals surface area contributed by atoms with Crippen molar-refractivity contribution >= 4 is 5.91 Å². The van der Waals surface area contributed by atoms with Crippen molar-refractivity contribution in [3.63, 3.8) is 0 Å². The second-order valence-corrected chi connectivity index (χ2v) is 5.91. The molecule has 4 nitrogen and oxygen atoms in total. The van der Waals surface area contributed by atoms with Crippen molar-refractivity contribution in [1.29, 1.82) is 0 Å².